The van der Waals surface area contributed by atoms with E-state index in [1.807, 2.05) is 44.2 Å². The highest BCUT2D eigenvalue weighted by atomic mass is 16.5. The number of ether oxygens (including phenoxy) is 1. The fourth-order valence-electron chi connectivity index (χ4n) is 4.28. The molecule has 3 aromatic rings. The zero-order chi connectivity index (χ0) is 22.1. The van der Waals surface area contributed by atoms with Crippen LogP contribution < -0.4 is 10.2 Å². The number of benzene rings is 2. The van der Waals surface area contributed by atoms with E-state index in [1.54, 1.807) is 6.07 Å². The first-order valence-electron chi connectivity index (χ1n) is 10.7. The molecule has 1 N–H and O–H groups in total. The summed E-state index contributed by atoms with van der Waals surface area (Å²) < 4.78 is 11.7. The second-order valence-corrected chi connectivity index (χ2v) is 8.02. The van der Waals surface area contributed by atoms with Crippen molar-refractivity contribution in [2.75, 3.05) is 19.8 Å². The molecule has 0 fully saturated rings. The minimum atomic E-state index is -0.610. The number of rotatable bonds is 7. The Balaban J connectivity index is 1.84. The topological polar surface area (TPSA) is 80.0 Å². The summed E-state index contributed by atoms with van der Waals surface area (Å²) in [5, 5.41) is 10.1. The maximum atomic E-state index is 13.5. The van der Waals surface area contributed by atoms with Crippen molar-refractivity contribution in [3.05, 3.63) is 74.6 Å². The molecule has 1 aliphatic rings. The summed E-state index contributed by atoms with van der Waals surface area (Å²) in [6.45, 7) is 6.45. The van der Waals surface area contributed by atoms with E-state index >= 15 is 0 Å². The molecule has 1 unspecified atom stereocenters. The van der Waals surface area contributed by atoms with E-state index in [9.17, 15) is 14.7 Å². The molecule has 1 atom stereocenters. The Kier molecular flexibility index (Phi) is 5.83. The van der Waals surface area contributed by atoms with Gasteiger partial charge in [0, 0.05) is 6.54 Å². The smallest absolute Gasteiger partial charge is 0.290 e. The van der Waals surface area contributed by atoms with E-state index in [0.717, 1.165) is 35.3 Å². The molecule has 0 saturated carbocycles. The summed E-state index contributed by atoms with van der Waals surface area (Å²) in [5.74, 6) is 0.423. The number of hydrogen-bond donors (Lipinski definition) is 1. The standard InChI is InChI=1S/C25H27NO5/c1-4-5-12-30-18-8-6-17(7-9-18)22-21-23(28)20-16(3)13-15(2)14-19(20)31-24(21)25(29)26(22)10-11-27/h6-9,13-14,22,27H,4-5,10-12H2,1-3H3. The van der Waals surface area contributed by atoms with Gasteiger partial charge in [-0.25, -0.2) is 0 Å². The molecule has 0 saturated heterocycles. The summed E-state index contributed by atoms with van der Waals surface area (Å²) in [4.78, 5) is 28.2. The van der Waals surface area contributed by atoms with Crippen LogP contribution in [-0.4, -0.2) is 35.7 Å². The Bertz CT molecular complexity index is 1180. The van der Waals surface area contributed by atoms with Crippen molar-refractivity contribution in [1.82, 2.24) is 4.90 Å². The van der Waals surface area contributed by atoms with Gasteiger partial charge >= 0.3 is 0 Å². The number of fused-ring (bicyclic) bond motifs is 2. The minimum Gasteiger partial charge on any atom is -0.494 e. The Morgan fingerprint density at radius 1 is 1.13 bits per heavy atom. The number of aliphatic hydroxyl groups excluding tert-OH is 1. The Morgan fingerprint density at radius 3 is 2.55 bits per heavy atom. The Morgan fingerprint density at radius 2 is 1.87 bits per heavy atom. The summed E-state index contributed by atoms with van der Waals surface area (Å²) >= 11 is 0. The van der Waals surface area contributed by atoms with Gasteiger partial charge in [0.2, 0.25) is 5.76 Å². The van der Waals surface area contributed by atoms with Gasteiger partial charge in [0.15, 0.2) is 5.43 Å². The van der Waals surface area contributed by atoms with Crippen molar-refractivity contribution in [3.63, 3.8) is 0 Å². The molecule has 2 heterocycles. The highest BCUT2D eigenvalue weighted by molar-refractivity contribution is 5.99. The zero-order valence-corrected chi connectivity index (χ0v) is 18.1. The van der Waals surface area contributed by atoms with Crippen molar-refractivity contribution in [1.29, 1.82) is 0 Å². The van der Waals surface area contributed by atoms with Gasteiger partial charge in [0.1, 0.15) is 11.3 Å². The van der Waals surface area contributed by atoms with E-state index in [4.69, 9.17) is 9.15 Å². The molecule has 0 radical (unpaired) electrons. The summed E-state index contributed by atoms with van der Waals surface area (Å²) in [6.07, 6.45) is 2.03. The molecule has 0 bridgehead atoms. The molecular weight excluding hydrogens is 394 g/mol. The number of aliphatic hydroxyl groups is 1. The number of nitrogens with zero attached hydrogens (tertiary/aromatic N) is 1. The van der Waals surface area contributed by atoms with Crippen LogP contribution in [0, 0.1) is 13.8 Å². The van der Waals surface area contributed by atoms with Crippen molar-refractivity contribution in [3.8, 4) is 5.75 Å². The number of unbranched alkanes of at least 4 members (excludes halogenated alkanes) is 1. The van der Waals surface area contributed by atoms with Crippen LogP contribution in [-0.2, 0) is 0 Å². The fraction of sp³-hybridized carbons (Fsp3) is 0.360. The van der Waals surface area contributed by atoms with E-state index in [0.29, 0.717) is 23.1 Å². The van der Waals surface area contributed by atoms with Crippen molar-refractivity contribution in [2.24, 2.45) is 0 Å². The highest BCUT2D eigenvalue weighted by Crippen LogP contribution is 2.38. The van der Waals surface area contributed by atoms with Gasteiger partial charge in [0.25, 0.3) is 5.91 Å². The Hall–Kier alpha value is -3.12. The first-order chi connectivity index (χ1) is 15.0. The van der Waals surface area contributed by atoms with Gasteiger partial charge in [-0.2, -0.15) is 0 Å². The Labute approximate surface area is 181 Å². The number of hydrogen-bond acceptors (Lipinski definition) is 5. The normalized spacial score (nSPS) is 15.5. The molecule has 4 rings (SSSR count). The van der Waals surface area contributed by atoms with E-state index in [-0.39, 0.29) is 30.2 Å². The fourth-order valence-corrected chi connectivity index (χ4v) is 4.28. The van der Waals surface area contributed by atoms with Crippen LogP contribution >= 0.6 is 0 Å². The predicted molar refractivity (Wildman–Crippen MR) is 119 cm³/mol. The quantitative estimate of drug-likeness (QED) is 0.581. The van der Waals surface area contributed by atoms with Gasteiger partial charge in [-0.1, -0.05) is 31.5 Å². The van der Waals surface area contributed by atoms with E-state index in [1.165, 1.54) is 4.90 Å². The van der Waals surface area contributed by atoms with Crippen LogP contribution in [0.5, 0.6) is 5.75 Å². The molecule has 1 aliphatic heterocycles. The molecule has 162 valence electrons. The zero-order valence-electron chi connectivity index (χ0n) is 18.1. The molecule has 31 heavy (non-hydrogen) atoms. The minimum absolute atomic E-state index is 0.0595. The molecule has 2 aromatic carbocycles. The second-order valence-electron chi connectivity index (χ2n) is 8.02. The van der Waals surface area contributed by atoms with Crippen LogP contribution in [0.15, 0.2) is 45.6 Å². The van der Waals surface area contributed by atoms with Crippen LogP contribution in [0.2, 0.25) is 0 Å². The lowest BCUT2D eigenvalue weighted by molar-refractivity contribution is 0.0691. The number of amides is 1. The van der Waals surface area contributed by atoms with Gasteiger partial charge in [-0.05, 0) is 55.2 Å². The lowest BCUT2D eigenvalue weighted by Gasteiger charge is -2.24. The maximum absolute atomic E-state index is 13.5. The highest BCUT2D eigenvalue weighted by Gasteiger charge is 2.42. The molecule has 6 nitrogen and oxygen atoms in total. The first kappa shape index (κ1) is 21.1. The molecule has 1 amide bonds. The number of aryl methyl sites for hydroxylation is 2. The van der Waals surface area contributed by atoms with Crippen molar-refractivity contribution in [2.45, 2.75) is 39.7 Å². The SMILES string of the molecule is CCCCOc1ccc(C2c3c(oc4cc(C)cc(C)c4c3=O)C(=O)N2CCO)cc1. The van der Waals surface area contributed by atoms with Gasteiger partial charge in [-0.15, -0.1) is 0 Å². The average Bonchev–Trinajstić information content (AvgIpc) is 3.01. The van der Waals surface area contributed by atoms with Crippen LogP contribution in [0.3, 0.4) is 0 Å². The van der Waals surface area contributed by atoms with Crippen LogP contribution in [0.25, 0.3) is 11.0 Å². The average molecular weight is 421 g/mol. The van der Waals surface area contributed by atoms with Gasteiger partial charge < -0.3 is 19.2 Å². The number of β-amino-alcohol motifs (C(OH)–C–C–N with tert-alkyl or cyclic N) is 1. The third-order valence-electron chi connectivity index (χ3n) is 5.72. The van der Waals surface area contributed by atoms with E-state index in [2.05, 4.69) is 6.92 Å². The third kappa shape index (κ3) is 3.72. The van der Waals surface area contributed by atoms with E-state index < -0.39 is 6.04 Å². The molecular formula is C25H27NO5. The lowest BCUT2D eigenvalue weighted by Crippen LogP contribution is -2.32. The molecule has 0 spiro atoms. The first-order valence-corrected chi connectivity index (χ1v) is 10.7. The van der Waals surface area contributed by atoms with Crippen molar-refractivity contribution < 1.29 is 19.1 Å². The summed E-state index contributed by atoms with van der Waals surface area (Å²) in [7, 11) is 0. The third-order valence-corrected chi connectivity index (χ3v) is 5.72. The van der Waals surface area contributed by atoms with Gasteiger partial charge in [-0.3, -0.25) is 9.59 Å². The second kappa shape index (κ2) is 8.55. The number of carbonyl (C=O) groups excluding carboxylic acids is 1. The van der Waals surface area contributed by atoms with Crippen LogP contribution in [0.4, 0.5) is 0 Å². The monoisotopic (exact) mass is 421 g/mol. The maximum Gasteiger partial charge on any atom is 0.290 e. The molecule has 6 heteroatoms. The van der Waals surface area contributed by atoms with Crippen LogP contribution in [0.1, 0.15) is 58.6 Å². The molecule has 0 aliphatic carbocycles. The summed E-state index contributed by atoms with van der Waals surface area (Å²) in [5.41, 5.74) is 3.10. The number of carbonyl (C=O) groups is 1. The largest absolute Gasteiger partial charge is 0.494 e. The molecule has 1 aromatic heterocycles. The lowest BCUT2D eigenvalue weighted by atomic mass is 9.97. The summed E-state index contributed by atoms with van der Waals surface area (Å²) in [6, 6.07) is 10.5. The predicted octanol–water partition coefficient (Wildman–Crippen LogP) is 4.13. The van der Waals surface area contributed by atoms with Crippen molar-refractivity contribution >= 4 is 16.9 Å². The van der Waals surface area contributed by atoms with Gasteiger partial charge in [0.05, 0.1) is 30.2 Å².